The van der Waals surface area contributed by atoms with E-state index in [-0.39, 0.29) is 12.4 Å². The van der Waals surface area contributed by atoms with E-state index in [2.05, 4.69) is 0 Å². The Bertz CT molecular complexity index is 590. The molecule has 0 saturated heterocycles. The van der Waals surface area contributed by atoms with Gasteiger partial charge in [-0.3, -0.25) is 0 Å². The number of rotatable bonds is 6. The Morgan fingerprint density at radius 2 is 1.81 bits per heavy atom. The fraction of sp³-hybridized carbons (Fsp3) is 0.200. The van der Waals surface area contributed by atoms with Gasteiger partial charge in [-0.15, -0.1) is 11.8 Å². The minimum atomic E-state index is -0.640. The van der Waals surface area contributed by atoms with Gasteiger partial charge in [-0.25, -0.2) is 0 Å². The molecule has 0 saturated carbocycles. The lowest BCUT2D eigenvalue weighted by Gasteiger charge is -2.13. The number of aliphatic hydroxyl groups excluding tert-OH is 1. The third-order valence-corrected chi connectivity index (χ3v) is 4.58. The number of benzene rings is 2. The SMILES string of the molecule is Oc1ccc(SCC(O)COc2cccc(Cl)c2Cl)cc1. The van der Waals surface area contributed by atoms with Crippen LogP contribution in [0.25, 0.3) is 0 Å². The van der Waals surface area contributed by atoms with Crippen molar-refractivity contribution < 1.29 is 14.9 Å². The van der Waals surface area contributed by atoms with Gasteiger partial charge in [-0.1, -0.05) is 29.3 Å². The second-order valence-corrected chi connectivity index (χ2v) is 6.20. The molecule has 2 aromatic rings. The average molecular weight is 345 g/mol. The van der Waals surface area contributed by atoms with Crippen LogP contribution in [-0.4, -0.2) is 28.7 Å². The van der Waals surface area contributed by atoms with Gasteiger partial charge in [0.1, 0.15) is 23.1 Å². The van der Waals surface area contributed by atoms with Crippen LogP contribution in [-0.2, 0) is 0 Å². The van der Waals surface area contributed by atoms with Gasteiger partial charge in [0.2, 0.25) is 0 Å². The van der Waals surface area contributed by atoms with E-state index in [0.29, 0.717) is 21.5 Å². The summed E-state index contributed by atoms with van der Waals surface area (Å²) < 4.78 is 5.47. The Kier molecular flexibility index (Phi) is 6.06. The summed E-state index contributed by atoms with van der Waals surface area (Å²) in [7, 11) is 0. The Labute approximate surface area is 137 Å². The van der Waals surface area contributed by atoms with Gasteiger partial charge in [-0.2, -0.15) is 0 Å². The van der Waals surface area contributed by atoms with Crippen molar-refractivity contribution >= 4 is 35.0 Å². The molecule has 0 bridgehead atoms. The number of ether oxygens (including phenoxy) is 1. The number of hydrogen-bond donors (Lipinski definition) is 2. The first-order valence-corrected chi connectivity index (χ1v) is 7.97. The van der Waals surface area contributed by atoms with E-state index in [4.69, 9.17) is 27.9 Å². The molecule has 2 rings (SSSR count). The fourth-order valence-electron chi connectivity index (χ4n) is 1.56. The maximum absolute atomic E-state index is 9.92. The van der Waals surface area contributed by atoms with Crippen LogP contribution in [0.4, 0.5) is 0 Å². The second-order valence-electron chi connectivity index (χ2n) is 4.32. The predicted molar refractivity (Wildman–Crippen MR) is 86.8 cm³/mol. The van der Waals surface area contributed by atoms with E-state index in [1.807, 2.05) is 0 Å². The molecule has 0 aliphatic carbocycles. The molecule has 0 heterocycles. The fourth-order valence-corrected chi connectivity index (χ4v) is 2.72. The van der Waals surface area contributed by atoms with Crippen LogP contribution in [0.15, 0.2) is 47.4 Å². The first-order valence-electron chi connectivity index (χ1n) is 6.23. The summed E-state index contributed by atoms with van der Waals surface area (Å²) in [5.74, 6) is 1.15. The van der Waals surface area contributed by atoms with E-state index in [1.54, 1.807) is 42.5 Å². The zero-order valence-electron chi connectivity index (χ0n) is 11.0. The monoisotopic (exact) mass is 344 g/mol. The molecule has 0 amide bonds. The molecule has 112 valence electrons. The third-order valence-electron chi connectivity index (χ3n) is 2.63. The molecule has 0 fully saturated rings. The number of phenols is 1. The molecular weight excluding hydrogens is 331 g/mol. The number of phenolic OH excluding ortho intramolecular Hbond substituents is 1. The Morgan fingerprint density at radius 1 is 1.10 bits per heavy atom. The molecule has 0 aliphatic heterocycles. The van der Waals surface area contributed by atoms with E-state index in [9.17, 15) is 10.2 Å². The van der Waals surface area contributed by atoms with Gasteiger partial charge in [0.05, 0.1) is 11.1 Å². The molecule has 2 N–H and O–H groups in total. The summed E-state index contributed by atoms with van der Waals surface area (Å²) >= 11 is 13.4. The van der Waals surface area contributed by atoms with Crippen LogP contribution < -0.4 is 4.74 Å². The predicted octanol–water partition coefficient (Wildman–Crippen LogP) is 4.23. The molecule has 0 aliphatic rings. The smallest absolute Gasteiger partial charge is 0.139 e. The molecule has 6 heteroatoms. The average Bonchev–Trinajstić information content (AvgIpc) is 2.48. The maximum Gasteiger partial charge on any atom is 0.139 e. The van der Waals surface area contributed by atoms with Gasteiger partial charge in [0.25, 0.3) is 0 Å². The van der Waals surface area contributed by atoms with Crippen molar-refractivity contribution in [3.63, 3.8) is 0 Å². The maximum atomic E-state index is 9.92. The quantitative estimate of drug-likeness (QED) is 0.770. The summed E-state index contributed by atoms with van der Waals surface area (Å²) in [5.41, 5.74) is 0. The van der Waals surface area contributed by atoms with Gasteiger partial charge in [0.15, 0.2) is 0 Å². The highest BCUT2D eigenvalue weighted by Crippen LogP contribution is 2.31. The Hall–Kier alpha value is -1.07. The minimum absolute atomic E-state index is 0.130. The molecule has 1 atom stereocenters. The topological polar surface area (TPSA) is 49.7 Å². The van der Waals surface area contributed by atoms with Crippen LogP contribution in [0.2, 0.25) is 10.0 Å². The summed E-state index contributed by atoms with van der Waals surface area (Å²) in [6.45, 7) is 0.130. The second kappa shape index (κ2) is 7.80. The highest BCUT2D eigenvalue weighted by atomic mass is 35.5. The van der Waals surface area contributed by atoms with Crippen molar-refractivity contribution in [1.82, 2.24) is 0 Å². The molecule has 1 unspecified atom stereocenters. The molecule has 21 heavy (non-hydrogen) atoms. The zero-order valence-corrected chi connectivity index (χ0v) is 13.3. The number of aromatic hydroxyl groups is 1. The molecule has 2 aromatic carbocycles. The van der Waals surface area contributed by atoms with E-state index in [0.717, 1.165) is 4.90 Å². The van der Waals surface area contributed by atoms with Gasteiger partial charge >= 0.3 is 0 Å². The van der Waals surface area contributed by atoms with Crippen LogP contribution in [0.5, 0.6) is 11.5 Å². The van der Waals surface area contributed by atoms with Gasteiger partial charge < -0.3 is 14.9 Å². The minimum Gasteiger partial charge on any atom is -0.508 e. The van der Waals surface area contributed by atoms with Crippen molar-refractivity contribution in [2.24, 2.45) is 0 Å². The van der Waals surface area contributed by atoms with E-state index >= 15 is 0 Å². The van der Waals surface area contributed by atoms with Crippen molar-refractivity contribution in [2.45, 2.75) is 11.0 Å². The van der Waals surface area contributed by atoms with Crippen LogP contribution in [0.1, 0.15) is 0 Å². The highest BCUT2D eigenvalue weighted by molar-refractivity contribution is 7.99. The normalized spacial score (nSPS) is 12.1. The standard InChI is InChI=1S/C15H14Cl2O3S/c16-13-2-1-3-14(15(13)17)20-8-11(19)9-21-12-6-4-10(18)5-7-12/h1-7,11,18-19H,8-9H2. The number of aliphatic hydroxyl groups is 1. The van der Waals surface area contributed by atoms with Crippen LogP contribution in [0, 0.1) is 0 Å². The van der Waals surface area contributed by atoms with Crippen molar-refractivity contribution in [3.05, 3.63) is 52.5 Å². The molecule has 0 radical (unpaired) electrons. The Balaban J connectivity index is 1.80. The lowest BCUT2D eigenvalue weighted by atomic mass is 10.3. The number of thioether (sulfide) groups is 1. The van der Waals surface area contributed by atoms with Crippen LogP contribution >= 0.6 is 35.0 Å². The summed E-state index contributed by atoms with van der Waals surface area (Å²) in [6.07, 6.45) is -0.640. The van der Waals surface area contributed by atoms with Gasteiger partial charge in [-0.05, 0) is 36.4 Å². The van der Waals surface area contributed by atoms with Crippen LogP contribution in [0.3, 0.4) is 0 Å². The van der Waals surface area contributed by atoms with E-state index < -0.39 is 6.10 Å². The first kappa shape index (κ1) is 16.3. The van der Waals surface area contributed by atoms with Crippen molar-refractivity contribution in [2.75, 3.05) is 12.4 Å². The highest BCUT2D eigenvalue weighted by Gasteiger charge is 2.10. The van der Waals surface area contributed by atoms with Crippen molar-refractivity contribution in [1.29, 1.82) is 0 Å². The van der Waals surface area contributed by atoms with Gasteiger partial charge in [0, 0.05) is 10.6 Å². The molecular formula is C15H14Cl2O3S. The molecule has 3 nitrogen and oxygen atoms in total. The molecule has 0 aromatic heterocycles. The zero-order chi connectivity index (χ0) is 15.2. The first-order chi connectivity index (χ1) is 10.1. The largest absolute Gasteiger partial charge is 0.508 e. The Morgan fingerprint density at radius 3 is 2.52 bits per heavy atom. The summed E-state index contributed by atoms with van der Waals surface area (Å²) in [6, 6.07) is 11.9. The van der Waals surface area contributed by atoms with Crippen molar-refractivity contribution in [3.8, 4) is 11.5 Å². The lowest BCUT2D eigenvalue weighted by Crippen LogP contribution is -2.20. The van der Waals surface area contributed by atoms with E-state index in [1.165, 1.54) is 11.8 Å². The summed E-state index contributed by atoms with van der Waals surface area (Å²) in [5, 5.41) is 19.9. The number of halogens is 2. The lowest BCUT2D eigenvalue weighted by molar-refractivity contribution is 0.126. The number of hydrogen-bond acceptors (Lipinski definition) is 4. The summed E-state index contributed by atoms with van der Waals surface area (Å²) in [4.78, 5) is 0.965. The third kappa shape index (κ3) is 5.00. The molecule has 0 spiro atoms.